The van der Waals surface area contributed by atoms with Crippen LogP contribution < -0.4 is 14.5 Å². The van der Waals surface area contributed by atoms with Gasteiger partial charge in [-0.2, -0.15) is 15.1 Å². The van der Waals surface area contributed by atoms with Crippen LogP contribution in [0.4, 0.5) is 16.0 Å². The number of amides is 2. The third-order valence-corrected chi connectivity index (χ3v) is 8.93. The molecule has 1 saturated heterocycles. The highest BCUT2D eigenvalue weighted by molar-refractivity contribution is 6.36. The average molecular weight is 617 g/mol. The fraction of sp³-hybridized carbons (Fsp3) is 0.323. The number of piperazine rings is 1. The number of ether oxygens (including phenoxy) is 1. The van der Waals surface area contributed by atoms with Crippen molar-refractivity contribution in [3.05, 3.63) is 76.2 Å². The summed E-state index contributed by atoms with van der Waals surface area (Å²) in [7, 11) is 2.09. The molecule has 4 aromatic rings. The molecular weight excluding hydrogens is 587 g/mol. The third kappa shape index (κ3) is 4.83. The maximum absolute atomic E-state index is 14.8. The van der Waals surface area contributed by atoms with E-state index in [9.17, 15) is 14.0 Å². The van der Waals surface area contributed by atoms with Gasteiger partial charge >= 0.3 is 6.01 Å². The molecule has 2 amide bonds. The zero-order valence-electron chi connectivity index (χ0n) is 24.1. The summed E-state index contributed by atoms with van der Waals surface area (Å²) >= 11 is 6.38. The Morgan fingerprint density at radius 1 is 1.07 bits per heavy atom. The minimum atomic E-state index is -0.718. The highest BCUT2D eigenvalue weighted by Crippen LogP contribution is 2.39. The maximum atomic E-state index is 14.8. The van der Waals surface area contributed by atoms with Gasteiger partial charge in [0.15, 0.2) is 0 Å². The predicted octanol–water partition coefficient (Wildman–Crippen LogP) is 3.96. The van der Waals surface area contributed by atoms with E-state index in [0.29, 0.717) is 67.4 Å². The number of aromatic nitrogens is 4. The highest BCUT2D eigenvalue weighted by atomic mass is 35.5. The van der Waals surface area contributed by atoms with E-state index in [2.05, 4.69) is 39.7 Å². The molecule has 226 valence electrons. The molecule has 1 N–H and O–H groups in total. The van der Waals surface area contributed by atoms with Crippen molar-refractivity contribution in [2.45, 2.75) is 19.4 Å². The Morgan fingerprint density at radius 3 is 2.64 bits per heavy atom. The summed E-state index contributed by atoms with van der Waals surface area (Å²) in [5, 5.41) is 6.85. The normalized spacial score (nSPS) is 16.7. The van der Waals surface area contributed by atoms with Crippen LogP contribution in [-0.4, -0.2) is 88.1 Å². The number of aromatic amines is 1. The van der Waals surface area contributed by atoms with Gasteiger partial charge in [-0.05, 0) is 37.6 Å². The quantitative estimate of drug-likeness (QED) is 0.336. The molecule has 0 unspecified atom stereocenters. The van der Waals surface area contributed by atoms with Gasteiger partial charge < -0.3 is 19.4 Å². The third-order valence-electron chi connectivity index (χ3n) is 8.56. The Balaban J connectivity index is 1.29. The number of carbonyl (C=O) groups is 2. The fourth-order valence-corrected chi connectivity index (χ4v) is 6.51. The molecule has 44 heavy (non-hydrogen) atoms. The number of likely N-dealkylation sites (N-methyl/N-ethyl adjacent to an activating group) is 1. The van der Waals surface area contributed by atoms with Crippen LogP contribution in [0.2, 0.25) is 5.02 Å². The second kappa shape index (κ2) is 11.2. The lowest BCUT2D eigenvalue weighted by atomic mass is 9.99. The van der Waals surface area contributed by atoms with Gasteiger partial charge in [0, 0.05) is 68.4 Å². The van der Waals surface area contributed by atoms with Gasteiger partial charge in [0.05, 0.1) is 22.3 Å². The van der Waals surface area contributed by atoms with E-state index >= 15 is 0 Å². The Bertz CT molecular complexity index is 1820. The number of H-pyrrole nitrogens is 1. The number of nitrogens with zero attached hydrogens (tertiary/aromatic N) is 7. The Hall–Kier alpha value is -4.55. The van der Waals surface area contributed by atoms with Crippen LogP contribution in [0.3, 0.4) is 0 Å². The van der Waals surface area contributed by atoms with Crippen molar-refractivity contribution in [1.29, 1.82) is 0 Å². The molecule has 2 aromatic heterocycles. The van der Waals surface area contributed by atoms with Crippen LogP contribution >= 0.6 is 11.6 Å². The Kier molecular flexibility index (Phi) is 7.17. The van der Waals surface area contributed by atoms with Crippen molar-refractivity contribution in [3.63, 3.8) is 0 Å². The van der Waals surface area contributed by atoms with E-state index in [-0.39, 0.29) is 22.5 Å². The molecule has 5 heterocycles. The van der Waals surface area contributed by atoms with Gasteiger partial charge in [-0.3, -0.25) is 19.6 Å². The van der Waals surface area contributed by atoms with Gasteiger partial charge in [0.2, 0.25) is 5.91 Å². The lowest BCUT2D eigenvalue weighted by Gasteiger charge is -2.35. The predicted molar refractivity (Wildman–Crippen MR) is 164 cm³/mol. The van der Waals surface area contributed by atoms with Crippen LogP contribution in [0.25, 0.3) is 10.9 Å². The van der Waals surface area contributed by atoms with E-state index in [1.807, 2.05) is 12.1 Å². The van der Waals surface area contributed by atoms with Gasteiger partial charge in [-0.15, -0.1) is 0 Å². The highest BCUT2D eigenvalue weighted by Gasteiger charge is 2.36. The monoisotopic (exact) mass is 616 g/mol. The Labute approximate surface area is 257 Å². The Morgan fingerprint density at radius 2 is 1.84 bits per heavy atom. The van der Waals surface area contributed by atoms with Crippen LogP contribution in [0, 0.1) is 5.82 Å². The first-order valence-corrected chi connectivity index (χ1v) is 14.9. The van der Waals surface area contributed by atoms with Crippen molar-refractivity contribution in [2.24, 2.45) is 0 Å². The van der Waals surface area contributed by atoms with Crippen molar-refractivity contribution < 1.29 is 18.7 Å². The molecular formula is C31H30ClFN8O3. The number of fused-ring (bicyclic) bond motifs is 3. The lowest BCUT2D eigenvalue weighted by Crippen LogP contribution is -2.48. The van der Waals surface area contributed by atoms with Crippen molar-refractivity contribution >= 4 is 46.0 Å². The lowest BCUT2D eigenvalue weighted by molar-refractivity contribution is -0.126. The van der Waals surface area contributed by atoms with E-state index in [1.165, 1.54) is 28.8 Å². The number of benzene rings is 2. The van der Waals surface area contributed by atoms with E-state index in [1.54, 1.807) is 4.90 Å². The van der Waals surface area contributed by atoms with E-state index in [4.69, 9.17) is 26.3 Å². The minimum absolute atomic E-state index is 0.0173. The standard InChI is InChI=1S/C31H30ClFN8O3/c1-3-25(42)39-11-13-40(14-12-39)28-20-8-10-41(30(43)26-21-16-34-37-23(21)15-22(33)27(26)32)29(20)36-31(35-28)44-24-6-4-5-18-17-38(2)9-7-19(18)24/h3-6,15-16H,1,7-14,17H2,2H3,(H,34,37). The smallest absolute Gasteiger partial charge is 0.325 e. The number of hydrogen-bond donors (Lipinski definition) is 1. The molecule has 3 aliphatic rings. The summed E-state index contributed by atoms with van der Waals surface area (Å²) in [6, 6.07) is 7.28. The topological polar surface area (TPSA) is 111 Å². The molecule has 0 aliphatic carbocycles. The molecule has 0 radical (unpaired) electrons. The summed E-state index contributed by atoms with van der Waals surface area (Å²) in [5.41, 5.74) is 3.45. The number of halogens is 2. The second-order valence-electron chi connectivity index (χ2n) is 11.2. The molecule has 2 aromatic carbocycles. The van der Waals surface area contributed by atoms with Crippen LogP contribution in [0.1, 0.15) is 27.0 Å². The van der Waals surface area contributed by atoms with Gasteiger partial charge in [0.1, 0.15) is 23.2 Å². The minimum Gasteiger partial charge on any atom is -0.424 e. The number of anilines is 2. The summed E-state index contributed by atoms with van der Waals surface area (Å²) < 4.78 is 21.2. The van der Waals surface area contributed by atoms with Crippen molar-refractivity contribution in [2.75, 3.05) is 56.1 Å². The number of hydrogen-bond acceptors (Lipinski definition) is 8. The molecule has 3 aliphatic heterocycles. The second-order valence-corrected chi connectivity index (χ2v) is 11.6. The van der Waals surface area contributed by atoms with Crippen LogP contribution in [-0.2, 0) is 24.2 Å². The molecule has 1 fully saturated rings. The zero-order valence-corrected chi connectivity index (χ0v) is 24.9. The van der Waals surface area contributed by atoms with Crippen LogP contribution in [0.15, 0.2) is 43.1 Å². The van der Waals surface area contributed by atoms with E-state index < -0.39 is 11.7 Å². The first-order chi connectivity index (χ1) is 21.3. The number of rotatable bonds is 5. The average Bonchev–Trinajstić information content (AvgIpc) is 3.67. The molecule has 13 heteroatoms. The largest absolute Gasteiger partial charge is 0.424 e. The van der Waals surface area contributed by atoms with Gasteiger partial charge in [-0.25, -0.2) is 4.39 Å². The summed E-state index contributed by atoms with van der Waals surface area (Å²) in [4.78, 5) is 43.5. The molecule has 0 saturated carbocycles. The molecule has 0 spiro atoms. The molecule has 11 nitrogen and oxygen atoms in total. The zero-order chi connectivity index (χ0) is 30.5. The van der Waals surface area contributed by atoms with Crippen LogP contribution in [0.5, 0.6) is 11.8 Å². The summed E-state index contributed by atoms with van der Waals surface area (Å²) in [6.07, 6.45) is 4.09. The van der Waals surface area contributed by atoms with Crippen molar-refractivity contribution in [1.82, 2.24) is 30.0 Å². The number of nitrogens with one attached hydrogen (secondary N) is 1. The molecule has 0 atom stereocenters. The molecule has 0 bridgehead atoms. The summed E-state index contributed by atoms with van der Waals surface area (Å²) in [5.74, 6) is 0.389. The van der Waals surface area contributed by atoms with Gasteiger partial charge in [0.25, 0.3) is 5.91 Å². The maximum Gasteiger partial charge on any atom is 0.325 e. The summed E-state index contributed by atoms with van der Waals surface area (Å²) in [6.45, 7) is 7.69. The first-order valence-electron chi connectivity index (χ1n) is 14.5. The number of carbonyl (C=O) groups excluding carboxylic acids is 2. The SMILES string of the molecule is C=CC(=O)N1CCN(c2nc(Oc3cccc4c3CCN(C)C4)nc3c2CCN3C(=O)c2c(Cl)c(F)cc3[nH]ncc23)CC1. The molecule has 7 rings (SSSR count). The first kappa shape index (κ1) is 28.2. The van der Waals surface area contributed by atoms with Gasteiger partial charge in [-0.1, -0.05) is 30.3 Å². The fourth-order valence-electron chi connectivity index (χ4n) is 6.28. The van der Waals surface area contributed by atoms with E-state index in [0.717, 1.165) is 30.6 Å². The van der Waals surface area contributed by atoms with Crippen molar-refractivity contribution in [3.8, 4) is 11.8 Å².